The lowest BCUT2D eigenvalue weighted by Crippen LogP contribution is -1.52. The van der Waals surface area contributed by atoms with Crippen molar-refractivity contribution in [3.05, 3.63) is 11.6 Å². The summed E-state index contributed by atoms with van der Waals surface area (Å²) in [5.74, 6) is 0. The van der Waals surface area contributed by atoms with E-state index in [-0.39, 0.29) is 0 Å². The lowest BCUT2D eigenvalue weighted by atomic mass is 11.1. The predicted molar refractivity (Wildman–Crippen MR) is 21.3 cm³/mol. The molecular weight excluding hydrogens is 84.1 g/mol. The van der Waals surface area contributed by atoms with Crippen molar-refractivity contribution in [1.82, 2.24) is 5.11 Å². The summed E-state index contributed by atoms with van der Waals surface area (Å²) < 4.78 is 3.51. The van der Waals surface area contributed by atoms with Crippen LogP contribution in [0.3, 0.4) is 0 Å². The fraction of sp³-hybridized carbons (Fsp3) is 0. The van der Waals surface area contributed by atoms with Crippen LogP contribution in [0, 0.1) is 0 Å². The van der Waals surface area contributed by atoms with Gasteiger partial charge >= 0.3 is 0 Å². The molecule has 0 fully saturated rings. The van der Waals surface area contributed by atoms with E-state index in [4.69, 9.17) is 0 Å². The Labute approximate surface area is 34.1 Å². The molecule has 1 aliphatic heterocycles. The van der Waals surface area contributed by atoms with Gasteiger partial charge in [0, 0.05) is 0 Å². The number of rotatable bonds is 0. The van der Waals surface area contributed by atoms with Gasteiger partial charge in [-0.1, -0.05) is 0 Å². The molecule has 0 aliphatic carbocycles. The van der Waals surface area contributed by atoms with Crippen LogP contribution in [-0.4, -0.2) is 0 Å². The molecular formula is C2H2N2S+. The molecule has 2 nitrogen and oxygen atoms in total. The molecule has 0 saturated heterocycles. The van der Waals surface area contributed by atoms with Crippen molar-refractivity contribution in [2.24, 2.45) is 4.52 Å². The summed E-state index contributed by atoms with van der Waals surface area (Å²) in [6.45, 7) is 0. The van der Waals surface area contributed by atoms with Crippen molar-refractivity contribution in [2.75, 3.05) is 0 Å². The molecule has 0 bridgehead atoms. The second-order valence-electron chi connectivity index (χ2n) is 0.588. The Hall–Kier alpha value is -0.310. The molecule has 1 heterocycles. The van der Waals surface area contributed by atoms with Gasteiger partial charge < -0.3 is 0 Å². The molecule has 1 rings (SSSR count). The van der Waals surface area contributed by atoms with Crippen molar-refractivity contribution in [3.63, 3.8) is 0 Å². The number of hydrogen-bond donors (Lipinski definition) is 0. The van der Waals surface area contributed by atoms with Crippen molar-refractivity contribution < 1.29 is 0 Å². The first-order chi connectivity index (χ1) is 2.50. The Bertz CT molecular complexity index is 65.7. The van der Waals surface area contributed by atoms with Gasteiger partial charge in [-0.05, 0) is 0 Å². The first-order valence-corrected chi connectivity index (χ1v) is 2.05. The standard InChI is InChI=1S/C2H2N2S/c1-2-5-4-3-1/h1-2H/q+1. The third kappa shape index (κ3) is 0.479. The molecule has 0 amide bonds. The molecule has 0 atom stereocenters. The van der Waals surface area contributed by atoms with Crippen molar-refractivity contribution in [2.45, 2.75) is 0 Å². The van der Waals surface area contributed by atoms with E-state index in [9.17, 15) is 0 Å². The quantitative estimate of drug-likeness (QED) is 0.402. The Kier molecular flexibility index (Phi) is 0.705. The molecule has 1 aliphatic rings. The molecule has 1 radical (unpaired) electrons. The van der Waals surface area contributed by atoms with Crippen molar-refractivity contribution in [1.29, 1.82) is 0 Å². The van der Waals surface area contributed by atoms with Crippen molar-refractivity contribution >= 4 is 11.9 Å². The van der Waals surface area contributed by atoms with Crippen LogP contribution in [0.15, 0.2) is 16.1 Å². The maximum atomic E-state index is 3.51. The first-order valence-electron chi connectivity index (χ1n) is 1.21. The lowest BCUT2D eigenvalue weighted by Gasteiger charge is -1.42. The van der Waals surface area contributed by atoms with Crippen LogP contribution < -0.4 is 5.11 Å². The zero-order chi connectivity index (χ0) is 3.54. The van der Waals surface area contributed by atoms with E-state index < -0.39 is 0 Å². The Morgan fingerprint density at radius 3 is 3.00 bits per heavy atom. The SMILES string of the molecule is C1=CSN=[N+]1. The topological polar surface area (TPSA) is 26.5 Å². The van der Waals surface area contributed by atoms with E-state index >= 15 is 0 Å². The summed E-state index contributed by atoms with van der Waals surface area (Å²) in [4.78, 5) is 0. The number of hydrogen-bond acceptors (Lipinski definition) is 3. The van der Waals surface area contributed by atoms with E-state index in [1.807, 2.05) is 5.41 Å². The average Bonchev–Trinajstić information content (AvgIpc) is 1.76. The molecule has 0 unspecified atom stereocenters. The van der Waals surface area contributed by atoms with Gasteiger partial charge in [-0.3, -0.25) is 0 Å². The second kappa shape index (κ2) is 1.21. The molecule has 0 N–H and O–H groups in total. The normalized spacial score (nSPS) is 17.6. The van der Waals surface area contributed by atoms with E-state index in [1.54, 1.807) is 6.20 Å². The molecule has 0 aromatic heterocycles. The van der Waals surface area contributed by atoms with Crippen LogP contribution >= 0.6 is 11.9 Å². The summed E-state index contributed by atoms with van der Waals surface area (Å²) in [5.41, 5.74) is 0. The highest BCUT2D eigenvalue weighted by Crippen LogP contribution is 2.04. The van der Waals surface area contributed by atoms with Gasteiger partial charge in [0.1, 0.15) is 4.52 Å². The fourth-order valence-electron chi connectivity index (χ4n) is 0.136. The highest BCUT2D eigenvalue weighted by atomic mass is 32.2. The summed E-state index contributed by atoms with van der Waals surface area (Å²) in [5, 5.41) is 5.31. The maximum absolute atomic E-state index is 3.51. The molecule has 25 valence electrons. The van der Waals surface area contributed by atoms with Gasteiger partial charge in [-0.15, -0.1) is 0 Å². The zero-order valence-corrected chi connectivity index (χ0v) is 3.27. The molecule has 0 aromatic carbocycles. The van der Waals surface area contributed by atoms with Gasteiger partial charge in [-0.2, -0.15) is 0 Å². The van der Waals surface area contributed by atoms with Crippen LogP contribution in [0.2, 0.25) is 0 Å². The minimum Gasteiger partial charge on any atom is 0.0747 e. The lowest BCUT2D eigenvalue weighted by molar-refractivity contribution is 1.21. The van der Waals surface area contributed by atoms with Crippen LogP contribution in [0.5, 0.6) is 0 Å². The minimum atomic E-state index is 1.35. The highest BCUT2D eigenvalue weighted by Gasteiger charge is 1.93. The van der Waals surface area contributed by atoms with Crippen LogP contribution in [0.1, 0.15) is 0 Å². The van der Waals surface area contributed by atoms with Gasteiger partial charge in [0.25, 0.3) is 6.20 Å². The van der Waals surface area contributed by atoms with E-state index in [0.717, 1.165) is 0 Å². The summed E-state index contributed by atoms with van der Waals surface area (Å²) >= 11 is 1.35. The monoisotopic (exact) mass is 86.0 g/mol. The smallest absolute Gasteiger partial charge is 0.0747 e. The maximum Gasteiger partial charge on any atom is 0.286 e. The van der Waals surface area contributed by atoms with Crippen LogP contribution in [0.25, 0.3) is 0 Å². The fourth-order valence-corrected chi connectivity index (χ4v) is 0.408. The Balaban J connectivity index is 2.61. The number of nitrogens with zero attached hydrogens (tertiary/aromatic N) is 2. The van der Waals surface area contributed by atoms with Crippen molar-refractivity contribution in [3.8, 4) is 0 Å². The minimum absolute atomic E-state index is 1.35. The van der Waals surface area contributed by atoms with Gasteiger partial charge in [-0.25, -0.2) is 0 Å². The Morgan fingerprint density at radius 1 is 1.80 bits per heavy atom. The third-order valence-corrected chi connectivity index (χ3v) is 0.715. The largest absolute Gasteiger partial charge is 0.286 e. The highest BCUT2D eigenvalue weighted by molar-refractivity contribution is 8.00. The van der Waals surface area contributed by atoms with Gasteiger partial charge in [0.05, 0.1) is 17.4 Å². The predicted octanol–water partition coefficient (Wildman–Crippen LogP) is 0.907. The zero-order valence-electron chi connectivity index (χ0n) is 2.46. The molecule has 0 spiro atoms. The summed E-state index contributed by atoms with van der Waals surface area (Å²) in [6, 6.07) is 0. The molecule has 5 heavy (non-hydrogen) atoms. The molecule has 0 aromatic rings. The second-order valence-corrected chi connectivity index (χ2v) is 1.23. The van der Waals surface area contributed by atoms with E-state index in [0.29, 0.717) is 0 Å². The first kappa shape index (κ1) is 2.90. The van der Waals surface area contributed by atoms with Crippen LogP contribution in [-0.2, 0) is 0 Å². The van der Waals surface area contributed by atoms with Gasteiger partial charge in [0.15, 0.2) is 0 Å². The summed E-state index contributed by atoms with van der Waals surface area (Å²) in [6.07, 6.45) is 1.66. The average molecular weight is 86.1 g/mol. The molecule has 3 heteroatoms. The summed E-state index contributed by atoms with van der Waals surface area (Å²) in [7, 11) is 0. The van der Waals surface area contributed by atoms with Gasteiger partial charge in [0.2, 0.25) is 5.11 Å². The van der Waals surface area contributed by atoms with Crippen LogP contribution in [0.4, 0.5) is 0 Å². The van der Waals surface area contributed by atoms with E-state index in [1.165, 1.54) is 11.9 Å². The molecule has 0 saturated carbocycles. The Morgan fingerprint density at radius 2 is 2.80 bits per heavy atom. The van der Waals surface area contributed by atoms with E-state index in [2.05, 4.69) is 9.63 Å². The third-order valence-electron chi connectivity index (χ3n) is 0.283.